The van der Waals surface area contributed by atoms with Crippen molar-refractivity contribution in [1.29, 1.82) is 0 Å². The van der Waals surface area contributed by atoms with Crippen molar-refractivity contribution in [2.75, 3.05) is 10.6 Å². The number of hydrogen-bond acceptors (Lipinski definition) is 7. The van der Waals surface area contributed by atoms with Crippen molar-refractivity contribution in [1.82, 2.24) is 20.1 Å². The Labute approximate surface area is 216 Å². The Hall–Kier alpha value is -4.57. The summed E-state index contributed by atoms with van der Waals surface area (Å²) in [6.07, 6.45) is 1.87. The van der Waals surface area contributed by atoms with E-state index in [1.54, 1.807) is 61.7 Å². The van der Waals surface area contributed by atoms with Crippen LogP contribution in [0, 0.1) is 6.92 Å². The summed E-state index contributed by atoms with van der Waals surface area (Å²) in [7, 11) is 0. The molecule has 1 aliphatic heterocycles. The zero-order valence-electron chi connectivity index (χ0n) is 19.6. The second kappa shape index (κ2) is 10.2. The van der Waals surface area contributed by atoms with Crippen molar-refractivity contribution in [3.63, 3.8) is 0 Å². The molecule has 1 atom stereocenters. The lowest BCUT2D eigenvalue weighted by molar-refractivity contribution is -0.120. The van der Waals surface area contributed by atoms with E-state index in [2.05, 4.69) is 25.8 Å². The van der Waals surface area contributed by atoms with E-state index in [1.165, 1.54) is 4.90 Å². The predicted octanol–water partition coefficient (Wildman–Crippen LogP) is 3.88. The Kier molecular flexibility index (Phi) is 6.65. The number of pyridine rings is 1. The maximum absolute atomic E-state index is 13.7. The smallest absolute Gasteiger partial charge is 0.322 e. The van der Waals surface area contributed by atoms with Gasteiger partial charge in [0.05, 0.1) is 11.3 Å². The van der Waals surface area contributed by atoms with Crippen LogP contribution in [-0.2, 0) is 17.8 Å². The fraction of sp³-hybridized carbons (Fsp3) is 0.154. The van der Waals surface area contributed by atoms with Gasteiger partial charge >= 0.3 is 6.01 Å². The van der Waals surface area contributed by atoms with E-state index in [0.29, 0.717) is 33.4 Å². The highest BCUT2D eigenvalue weighted by molar-refractivity contribution is 6.31. The number of rotatable bonds is 6. The third kappa shape index (κ3) is 5.34. The first-order chi connectivity index (χ1) is 17.9. The molecule has 0 spiro atoms. The Morgan fingerprint density at radius 2 is 1.92 bits per heavy atom. The van der Waals surface area contributed by atoms with Crippen LogP contribution in [0.4, 0.5) is 11.7 Å². The standard InChI is InChI=1S/C26H21ClN6O4/c1-15-31-32-26(37-15)30-23(34)17-7-5-16(6-8-17)14-33-22(13-19-4-2-3-11-28-19)24(35)29-21-12-18(27)9-10-20(21)25(33)36/h2-12,22H,13-14H2,1H3,(H,29,35)(H,30,32,34). The maximum Gasteiger partial charge on any atom is 0.322 e. The molecule has 1 unspecified atom stereocenters. The van der Waals surface area contributed by atoms with Gasteiger partial charge < -0.3 is 14.6 Å². The van der Waals surface area contributed by atoms with E-state index in [4.69, 9.17) is 16.0 Å². The lowest BCUT2D eigenvalue weighted by Gasteiger charge is -2.28. The number of nitrogens with one attached hydrogen (secondary N) is 2. The summed E-state index contributed by atoms with van der Waals surface area (Å²) in [5.74, 6) is -0.745. The van der Waals surface area contributed by atoms with Gasteiger partial charge in [-0.2, -0.15) is 0 Å². The molecule has 1 aliphatic rings. The first-order valence-corrected chi connectivity index (χ1v) is 11.8. The van der Waals surface area contributed by atoms with Gasteiger partial charge in [0, 0.05) is 42.4 Å². The zero-order chi connectivity index (χ0) is 25.9. The molecule has 11 heteroatoms. The lowest BCUT2D eigenvalue weighted by atomic mass is 10.0. The summed E-state index contributed by atoms with van der Waals surface area (Å²) in [6.45, 7) is 1.76. The number of fused-ring (bicyclic) bond motifs is 1. The van der Waals surface area contributed by atoms with Gasteiger partial charge in [-0.1, -0.05) is 34.9 Å². The van der Waals surface area contributed by atoms with Gasteiger partial charge in [-0.05, 0) is 48.0 Å². The molecule has 0 aliphatic carbocycles. The Bertz CT molecular complexity index is 1470. The molecule has 3 heterocycles. The first-order valence-electron chi connectivity index (χ1n) is 11.4. The van der Waals surface area contributed by atoms with Crippen LogP contribution < -0.4 is 10.6 Å². The third-order valence-electron chi connectivity index (χ3n) is 5.85. The minimum absolute atomic E-state index is 0.00360. The summed E-state index contributed by atoms with van der Waals surface area (Å²) >= 11 is 6.12. The molecule has 2 N–H and O–H groups in total. The summed E-state index contributed by atoms with van der Waals surface area (Å²) < 4.78 is 5.18. The van der Waals surface area contributed by atoms with E-state index in [1.807, 2.05) is 12.1 Å². The highest BCUT2D eigenvalue weighted by atomic mass is 35.5. The molecule has 5 rings (SSSR count). The second-order valence-corrected chi connectivity index (χ2v) is 8.87. The van der Waals surface area contributed by atoms with Crippen LogP contribution in [-0.4, -0.2) is 43.8 Å². The second-order valence-electron chi connectivity index (χ2n) is 8.43. The lowest BCUT2D eigenvalue weighted by Crippen LogP contribution is -2.46. The van der Waals surface area contributed by atoms with Crippen LogP contribution >= 0.6 is 11.6 Å². The topological polar surface area (TPSA) is 130 Å². The number of anilines is 2. The molecule has 186 valence electrons. The number of halogens is 1. The zero-order valence-corrected chi connectivity index (χ0v) is 20.4. The normalized spacial score (nSPS) is 15.1. The van der Waals surface area contributed by atoms with Crippen LogP contribution in [0.5, 0.6) is 0 Å². The number of benzene rings is 2. The molecule has 10 nitrogen and oxygen atoms in total. The molecule has 37 heavy (non-hydrogen) atoms. The minimum atomic E-state index is -0.822. The molecule has 2 aromatic carbocycles. The van der Waals surface area contributed by atoms with Gasteiger partial charge in [0.1, 0.15) is 6.04 Å². The number of aryl methyl sites for hydroxylation is 1. The molecule has 0 radical (unpaired) electrons. The van der Waals surface area contributed by atoms with Crippen LogP contribution in [0.15, 0.2) is 71.3 Å². The molecule has 0 fully saturated rings. The Morgan fingerprint density at radius 3 is 2.62 bits per heavy atom. The monoisotopic (exact) mass is 516 g/mol. The summed E-state index contributed by atoms with van der Waals surface area (Å²) in [5.41, 5.74) is 2.47. The van der Waals surface area contributed by atoms with Gasteiger partial charge in [0.2, 0.25) is 11.8 Å². The van der Waals surface area contributed by atoms with Gasteiger partial charge in [-0.3, -0.25) is 24.7 Å². The van der Waals surface area contributed by atoms with E-state index < -0.39 is 11.9 Å². The fourth-order valence-electron chi connectivity index (χ4n) is 4.04. The largest absolute Gasteiger partial charge is 0.408 e. The van der Waals surface area contributed by atoms with Crippen molar-refractivity contribution < 1.29 is 18.8 Å². The van der Waals surface area contributed by atoms with Crippen LogP contribution in [0.3, 0.4) is 0 Å². The molecular formula is C26H21ClN6O4. The quantitative estimate of drug-likeness (QED) is 0.397. The first kappa shape index (κ1) is 24.1. The van der Waals surface area contributed by atoms with Crippen LogP contribution in [0.25, 0.3) is 0 Å². The molecule has 4 aromatic rings. The summed E-state index contributed by atoms with van der Waals surface area (Å²) in [6, 6.07) is 16.1. The van der Waals surface area contributed by atoms with E-state index in [0.717, 1.165) is 5.56 Å². The minimum Gasteiger partial charge on any atom is -0.408 e. The predicted molar refractivity (Wildman–Crippen MR) is 135 cm³/mol. The summed E-state index contributed by atoms with van der Waals surface area (Å²) in [5, 5.41) is 13.2. The third-order valence-corrected chi connectivity index (χ3v) is 6.09. The van der Waals surface area contributed by atoms with Gasteiger partial charge in [0.15, 0.2) is 0 Å². The highest BCUT2D eigenvalue weighted by Gasteiger charge is 2.36. The number of carbonyl (C=O) groups excluding carboxylic acids is 3. The van der Waals surface area contributed by atoms with Crippen LogP contribution in [0.2, 0.25) is 5.02 Å². The number of aromatic nitrogens is 3. The Balaban J connectivity index is 1.42. The number of amides is 3. The van der Waals surface area contributed by atoms with E-state index in [-0.39, 0.29) is 30.8 Å². The summed E-state index contributed by atoms with van der Waals surface area (Å²) in [4.78, 5) is 45.3. The average Bonchev–Trinajstić information content (AvgIpc) is 3.27. The molecule has 0 saturated carbocycles. The van der Waals surface area contributed by atoms with Crippen LogP contribution in [0.1, 0.15) is 37.9 Å². The van der Waals surface area contributed by atoms with Crippen molar-refractivity contribution in [2.45, 2.75) is 25.9 Å². The van der Waals surface area contributed by atoms with Crippen molar-refractivity contribution in [2.24, 2.45) is 0 Å². The highest BCUT2D eigenvalue weighted by Crippen LogP contribution is 2.28. The number of hydrogen-bond donors (Lipinski definition) is 2. The fourth-order valence-corrected chi connectivity index (χ4v) is 4.21. The molecule has 3 amide bonds. The maximum atomic E-state index is 13.7. The number of carbonyl (C=O) groups is 3. The van der Waals surface area contributed by atoms with E-state index in [9.17, 15) is 14.4 Å². The molecule has 0 bridgehead atoms. The van der Waals surface area contributed by atoms with Crippen molar-refractivity contribution in [3.05, 3.63) is 100 Å². The molecule has 2 aromatic heterocycles. The number of nitrogens with zero attached hydrogens (tertiary/aromatic N) is 4. The molecule has 0 saturated heterocycles. The average molecular weight is 517 g/mol. The SMILES string of the molecule is Cc1nnc(NC(=O)c2ccc(CN3C(=O)c4ccc(Cl)cc4NC(=O)C3Cc3ccccn3)cc2)o1. The van der Waals surface area contributed by atoms with Crippen molar-refractivity contribution in [3.8, 4) is 0 Å². The van der Waals surface area contributed by atoms with Crippen molar-refractivity contribution >= 4 is 41.0 Å². The molecular weight excluding hydrogens is 496 g/mol. The Morgan fingerprint density at radius 1 is 1.11 bits per heavy atom. The van der Waals surface area contributed by atoms with E-state index >= 15 is 0 Å². The van der Waals surface area contributed by atoms with Gasteiger partial charge in [-0.25, -0.2) is 0 Å². The van der Waals surface area contributed by atoms with Gasteiger partial charge in [0.25, 0.3) is 11.8 Å². The van der Waals surface area contributed by atoms with Gasteiger partial charge in [-0.15, -0.1) is 5.10 Å².